The molecule has 2 N–H and O–H groups in total. The van der Waals surface area contributed by atoms with Crippen molar-refractivity contribution in [2.75, 3.05) is 13.1 Å². The number of thiocarbonyl (C=S) groups is 1. The number of carbonyl (C=O) groups is 1. The lowest BCUT2D eigenvalue weighted by Gasteiger charge is -2.21. The van der Waals surface area contributed by atoms with Crippen molar-refractivity contribution in [2.24, 2.45) is 5.73 Å². The fourth-order valence-corrected chi connectivity index (χ4v) is 1.65. The van der Waals surface area contributed by atoms with Crippen molar-refractivity contribution in [3.63, 3.8) is 0 Å². The minimum absolute atomic E-state index is 0.0221. The summed E-state index contributed by atoms with van der Waals surface area (Å²) in [5.74, 6) is -0.0221. The molecule has 0 bridgehead atoms. The molecule has 18 heavy (non-hydrogen) atoms. The summed E-state index contributed by atoms with van der Waals surface area (Å²) in [6.07, 6.45) is 2.23. The van der Waals surface area contributed by atoms with Gasteiger partial charge in [-0.2, -0.15) is 0 Å². The third-order valence-electron chi connectivity index (χ3n) is 2.56. The number of carbonyl (C=O) groups excluding carboxylic acids is 1. The van der Waals surface area contributed by atoms with Crippen LogP contribution in [0, 0.1) is 6.92 Å². The van der Waals surface area contributed by atoms with E-state index in [0.29, 0.717) is 30.1 Å². The molecule has 96 valence electrons. The smallest absolute Gasteiger partial charge is 0.254 e. The minimum Gasteiger partial charge on any atom is -0.393 e. The summed E-state index contributed by atoms with van der Waals surface area (Å²) in [4.78, 5) is 14.4. The molecular formula is C14H18N2OS. The van der Waals surface area contributed by atoms with E-state index < -0.39 is 0 Å². The van der Waals surface area contributed by atoms with E-state index >= 15 is 0 Å². The van der Waals surface area contributed by atoms with Gasteiger partial charge in [0.15, 0.2) is 0 Å². The van der Waals surface area contributed by atoms with Gasteiger partial charge in [-0.25, -0.2) is 0 Å². The summed E-state index contributed by atoms with van der Waals surface area (Å²) in [5, 5.41) is 0. The van der Waals surface area contributed by atoms with E-state index in [1.165, 1.54) is 0 Å². The first-order chi connectivity index (χ1) is 8.54. The Bertz CT molecular complexity index is 440. The first kappa shape index (κ1) is 14.4. The van der Waals surface area contributed by atoms with Crippen LogP contribution in [0.2, 0.25) is 0 Å². The molecule has 0 radical (unpaired) electrons. The standard InChI is InChI=1S/C14H18N2OS/c1-3-9-16(10-8-13(15)18)14(17)12-6-4-11(2)5-7-12/h3-7H,1,8-10H2,2H3,(H2,15,18). The topological polar surface area (TPSA) is 46.3 Å². The van der Waals surface area contributed by atoms with E-state index in [1.807, 2.05) is 31.2 Å². The Balaban J connectivity index is 2.78. The lowest BCUT2D eigenvalue weighted by atomic mass is 10.1. The number of amides is 1. The van der Waals surface area contributed by atoms with Crippen LogP contribution in [0.15, 0.2) is 36.9 Å². The van der Waals surface area contributed by atoms with Gasteiger partial charge in [0.05, 0.1) is 4.99 Å². The molecule has 1 rings (SSSR count). The Morgan fingerprint density at radius 2 is 2.06 bits per heavy atom. The van der Waals surface area contributed by atoms with Gasteiger partial charge in [-0.05, 0) is 19.1 Å². The van der Waals surface area contributed by atoms with Crippen LogP contribution in [0.4, 0.5) is 0 Å². The normalized spacial score (nSPS) is 9.83. The number of benzene rings is 1. The zero-order chi connectivity index (χ0) is 13.5. The van der Waals surface area contributed by atoms with Crippen molar-refractivity contribution in [1.29, 1.82) is 0 Å². The first-order valence-corrected chi connectivity index (χ1v) is 6.20. The largest absolute Gasteiger partial charge is 0.393 e. The van der Waals surface area contributed by atoms with Crippen LogP contribution in [0.1, 0.15) is 22.3 Å². The molecule has 1 aromatic carbocycles. The second-order valence-corrected chi connectivity index (χ2v) is 4.65. The summed E-state index contributed by atoms with van der Waals surface area (Å²) in [6.45, 7) is 6.67. The van der Waals surface area contributed by atoms with E-state index in [1.54, 1.807) is 11.0 Å². The van der Waals surface area contributed by atoms with Crippen molar-refractivity contribution in [2.45, 2.75) is 13.3 Å². The molecule has 0 atom stereocenters. The van der Waals surface area contributed by atoms with Gasteiger partial charge in [0.1, 0.15) is 0 Å². The molecule has 0 aromatic heterocycles. The van der Waals surface area contributed by atoms with Crippen molar-refractivity contribution in [1.82, 2.24) is 4.90 Å². The van der Waals surface area contributed by atoms with Crippen molar-refractivity contribution >= 4 is 23.1 Å². The second kappa shape index (κ2) is 6.91. The number of aryl methyl sites for hydroxylation is 1. The first-order valence-electron chi connectivity index (χ1n) is 5.79. The third-order valence-corrected chi connectivity index (χ3v) is 2.77. The Kier molecular flexibility index (Phi) is 5.52. The van der Waals surface area contributed by atoms with Crippen LogP contribution in [-0.2, 0) is 0 Å². The molecule has 0 saturated carbocycles. The van der Waals surface area contributed by atoms with Crippen LogP contribution < -0.4 is 5.73 Å². The molecule has 1 aromatic rings. The van der Waals surface area contributed by atoms with Gasteiger partial charge in [0.2, 0.25) is 0 Å². The van der Waals surface area contributed by atoms with Crippen molar-refractivity contribution in [3.05, 3.63) is 48.0 Å². The highest BCUT2D eigenvalue weighted by molar-refractivity contribution is 7.80. The van der Waals surface area contributed by atoms with Gasteiger partial charge in [-0.15, -0.1) is 6.58 Å². The number of nitrogens with zero attached hydrogens (tertiary/aromatic N) is 1. The van der Waals surface area contributed by atoms with Crippen LogP contribution in [0.5, 0.6) is 0 Å². The maximum Gasteiger partial charge on any atom is 0.254 e. The second-order valence-electron chi connectivity index (χ2n) is 4.12. The van der Waals surface area contributed by atoms with Gasteiger partial charge in [-0.1, -0.05) is 36.0 Å². The van der Waals surface area contributed by atoms with Crippen molar-refractivity contribution < 1.29 is 4.79 Å². The zero-order valence-corrected chi connectivity index (χ0v) is 11.4. The molecule has 0 spiro atoms. The highest BCUT2D eigenvalue weighted by Crippen LogP contribution is 2.08. The molecule has 4 heteroatoms. The highest BCUT2D eigenvalue weighted by Gasteiger charge is 2.14. The Morgan fingerprint density at radius 1 is 1.44 bits per heavy atom. The molecule has 0 saturated heterocycles. The quantitative estimate of drug-likeness (QED) is 0.632. The van der Waals surface area contributed by atoms with E-state index in [2.05, 4.69) is 6.58 Å². The van der Waals surface area contributed by atoms with Crippen LogP contribution in [0.3, 0.4) is 0 Å². The van der Waals surface area contributed by atoms with E-state index in [-0.39, 0.29) is 5.91 Å². The van der Waals surface area contributed by atoms with E-state index in [4.69, 9.17) is 18.0 Å². The SMILES string of the molecule is C=CCN(CCC(N)=S)C(=O)c1ccc(C)cc1. The summed E-state index contributed by atoms with van der Waals surface area (Å²) in [5.41, 5.74) is 7.26. The number of hydrogen-bond acceptors (Lipinski definition) is 2. The lowest BCUT2D eigenvalue weighted by Crippen LogP contribution is -2.33. The molecule has 0 fully saturated rings. The molecule has 0 aliphatic rings. The molecule has 0 aliphatic carbocycles. The Labute approximate surface area is 113 Å². The Morgan fingerprint density at radius 3 is 2.56 bits per heavy atom. The van der Waals surface area contributed by atoms with E-state index in [9.17, 15) is 4.79 Å². The predicted octanol–water partition coefficient (Wildman–Crippen LogP) is 2.30. The van der Waals surface area contributed by atoms with Gasteiger partial charge in [0, 0.05) is 25.1 Å². The van der Waals surface area contributed by atoms with Crippen LogP contribution in [0.25, 0.3) is 0 Å². The monoisotopic (exact) mass is 262 g/mol. The summed E-state index contributed by atoms with van der Waals surface area (Å²) < 4.78 is 0. The summed E-state index contributed by atoms with van der Waals surface area (Å²) in [6, 6.07) is 7.50. The van der Waals surface area contributed by atoms with Gasteiger partial charge in [0.25, 0.3) is 5.91 Å². The van der Waals surface area contributed by atoms with Crippen LogP contribution >= 0.6 is 12.2 Å². The molecule has 0 heterocycles. The molecule has 0 unspecified atom stereocenters. The fourth-order valence-electron chi connectivity index (χ4n) is 1.56. The van der Waals surface area contributed by atoms with E-state index in [0.717, 1.165) is 5.56 Å². The summed E-state index contributed by atoms with van der Waals surface area (Å²) in [7, 11) is 0. The average molecular weight is 262 g/mol. The Hall–Kier alpha value is -1.68. The van der Waals surface area contributed by atoms with Crippen LogP contribution in [-0.4, -0.2) is 28.9 Å². The van der Waals surface area contributed by atoms with Gasteiger partial charge >= 0.3 is 0 Å². The predicted molar refractivity (Wildman–Crippen MR) is 78.7 cm³/mol. The van der Waals surface area contributed by atoms with Gasteiger partial charge < -0.3 is 10.6 Å². The zero-order valence-electron chi connectivity index (χ0n) is 10.6. The number of nitrogens with two attached hydrogens (primary N) is 1. The maximum absolute atomic E-state index is 12.3. The summed E-state index contributed by atoms with van der Waals surface area (Å²) >= 11 is 4.83. The number of rotatable bonds is 6. The molecule has 1 amide bonds. The molecular weight excluding hydrogens is 244 g/mol. The fraction of sp³-hybridized carbons (Fsp3) is 0.286. The lowest BCUT2D eigenvalue weighted by molar-refractivity contribution is 0.0778. The molecule has 0 aliphatic heterocycles. The third kappa shape index (κ3) is 4.30. The minimum atomic E-state index is -0.0221. The molecule has 3 nitrogen and oxygen atoms in total. The average Bonchev–Trinajstić information content (AvgIpc) is 2.34. The maximum atomic E-state index is 12.3. The van der Waals surface area contributed by atoms with Gasteiger partial charge in [-0.3, -0.25) is 4.79 Å². The van der Waals surface area contributed by atoms with Crippen molar-refractivity contribution in [3.8, 4) is 0 Å². The highest BCUT2D eigenvalue weighted by atomic mass is 32.1. The number of hydrogen-bond donors (Lipinski definition) is 1.